The predicted octanol–water partition coefficient (Wildman–Crippen LogP) is 4.14. The Labute approximate surface area is 209 Å². The normalized spacial score (nSPS) is 20.2. The number of carbonyl (C=O) groups excluding carboxylic acids is 1. The van der Waals surface area contributed by atoms with E-state index in [1.807, 2.05) is 44.5 Å². The van der Waals surface area contributed by atoms with Gasteiger partial charge in [-0.15, -0.1) is 0 Å². The van der Waals surface area contributed by atoms with Crippen LogP contribution in [0.3, 0.4) is 0 Å². The molecule has 0 bridgehead atoms. The molecule has 2 heterocycles. The van der Waals surface area contributed by atoms with Gasteiger partial charge in [0.05, 0.1) is 31.0 Å². The summed E-state index contributed by atoms with van der Waals surface area (Å²) in [5.74, 6) is 5.54. The van der Waals surface area contributed by atoms with Gasteiger partial charge in [0, 0.05) is 18.3 Å². The van der Waals surface area contributed by atoms with Crippen LogP contribution in [0.4, 0.5) is 13.2 Å². The van der Waals surface area contributed by atoms with Gasteiger partial charge in [-0.25, -0.2) is 4.98 Å². The summed E-state index contributed by atoms with van der Waals surface area (Å²) in [7, 11) is 1.53. The molecule has 2 N–H and O–H groups in total. The van der Waals surface area contributed by atoms with Crippen molar-refractivity contribution in [1.82, 2.24) is 14.5 Å². The van der Waals surface area contributed by atoms with Crippen LogP contribution in [0.5, 0.6) is 5.75 Å². The highest BCUT2D eigenvalue weighted by atomic mass is 19.4. The lowest BCUT2D eigenvalue weighted by Crippen LogP contribution is -2.42. The highest BCUT2D eigenvalue weighted by molar-refractivity contribution is 6.38. The molecule has 1 aromatic heterocycles. The number of ether oxygens (including phenoxy) is 1. The third-order valence-electron chi connectivity index (χ3n) is 6.43. The van der Waals surface area contributed by atoms with Crippen LogP contribution in [0.2, 0.25) is 0 Å². The number of likely N-dealkylation sites (tertiary alicyclic amines) is 1. The second kappa shape index (κ2) is 10.7. The molecule has 2 unspecified atom stereocenters. The van der Waals surface area contributed by atoms with Crippen LogP contribution in [0.25, 0.3) is 5.69 Å². The molecule has 0 saturated carbocycles. The largest absolute Gasteiger partial charge is 0.495 e. The van der Waals surface area contributed by atoms with Gasteiger partial charge in [0.1, 0.15) is 24.0 Å². The molecule has 8 nitrogen and oxygen atoms in total. The lowest BCUT2D eigenvalue weighted by Gasteiger charge is -2.30. The predicted molar refractivity (Wildman–Crippen MR) is 133 cm³/mol. The molecule has 1 aliphatic rings. The zero-order valence-electron chi connectivity index (χ0n) is 21.2. The van der Waals surface area contributed by atoms with Crippen molar-refractivity contribution in [3.05, 3.63) is 42.0 Å². The minimum atomic E-state index is -4.48. The fourth-order valence-electron chi connectivity index (χ4n) is 4.35. The van der Waals surface area contributed by atoms with E-state index in [0.29, 0.717) is 24.2 Å². The van der Waals surface area contributed by atoms with Gasteiger partial charge >= 0.3 is 6.18 Å². The van der Waals surface area contributed by atoms with Crippen molar-refractivity contribution in [2.24, 2.45) is 27.3 Å². The Morgan fingerprint density at radius 3 is 2.58 bits per heavy atom. The summed E-state index contributed by atoms with van der Waals surface area (Å²) in [4.78, 5) is 22.5. The summed E-state index contributed by atoms with van der Waals surface area (Å²) in [6.45, 7) is 6.68. The Morgan fingerprint density at radius 2 is 2.03 bits per heavy atom. The summed E-state index contributed by atoms with van der Waals surface area (Å²) in [5, 5.41) is 3.81. The van der Waals surface area contributed by atoms with Gasteiger partial charge in [-0.2, -0.15) is 18.3 Å². The molecule has 3 rings (SSSR count). The van der Waals surface area contributed by atoms with E-state index in [1.165, 1.54) is 13.3 Å². The molecule has 1 saturated heterocycles. The number of nitrogens with zero attached hydrogens (tertiary/aromatic N) is 5. The average Bonchev–Trinajstić information content (AvgIpc) is 3.16. The molecule has 1 fully saturated rings. The van der Waals surface area contributed by atoms with Crippen LogP contribution in [0, 0.1) is 18.3 Å². The molecule has 1 aromatic carbocycles. The summed E-state index contributed by atoms with van der Waals surface area (Å²) in [6.07, 6.45) is 1.21. The zero-order chi connectivity index (χ0) is 26.7. The molecular weight excluding hydrogens is 473 g/mol. The Bertz CT molecular complexity index is 1130. The van der Waals surface area contributed by atoms with Crippen LogP contribution in [0.1, 0.15) is 44.9 Å². The van der Waals surface area contributed by atoms with E-state index >= 15 is 0 Å². The number of aliphatic imine (C=N–C) groups is 1. The van der Waals surface area contributed by atoms with Gasteiger partial charge < -0.3 is 20.0 Å². The summed E-state index contributed by atoms with van der Waals surface area (Å²) >= 11 is 0. The number of alkyl halides is 3. The Hall–Kier alpha value is -3.37. The first-order chi connectivity index (χ1) is 16.8. The standard InChI is InChI=1S/C25H33F3N6O2/c1-16-13-34(15-31-16)21-7-6-17(10-22(21)36-5)20(32-29)12-30-19-11-18(24(2,3)4)8-9-33(23(19)35)14-25(26,27)28/h6-7,10,12-13,15,18-19H,8-9,11,14,29H2,1-5H3/b30-12?,32-20+. The van der Waals surface area contributed by atoms with Gasteiger partial charge in [-0.05, 0) is 43.2 Å². The van der Waals surface area contributed by atoms with Crippen molar-refractivity contribution in [3.8, 4) is 11.4 Å². The Balaban J connectivity index is 1.90. The summed E-state index contributed by atoms with van der Waals surface area (Å²) in [6, 6.07) is 4.34. The van der Waals surface area contributed by atoms with Crippen molar-refractivity contribution >= 4 is 17.8 Å². The van der Waals surface area contributed by atoms with Crippen LogP contribution in [0.15, 0.2) is 40.8 Å². The molecule has 2 aromatic rings. The van der Waals surface area contributed by atoms with E-state index in [-0.39, 0.29) is 23.6 Å². The van der Waals surface area contributed by atoms with Gasteiger partial charge in [0.25, 0.3) is 0 Å². The van der Waals surface area contributed by atoms with Crippen LogP contribution in [-0.2, 0) is 4.79 Å². The molecule has 0 radical (unpaired) electrons. The van der Waals surface area contributed by atoms with Crippen molar-refractivity contribution in [1.29, 1.82) is 0 Å². The number of amides is 1. The first kappa shape index (κ1) is 27.2. The first-order valence-corrected chi connectivity index (χ1v) is 11.7. The molecule has 0 spiro atoms. The second-order valence-electron chi connectivity index (χ2n) is 10.1. The second-order valence-corrected chi connectivity index (χ2v) is 10.1. The first-order valence-electron chi connectivity index (χ1n) is 11.7. The van der Waals surface area contributed by atoms with E-state index in [1.54, 1.807) is 18.5 Å². The molecular formula is C25H33F3N6O2. The summed E-state index contributed by atoms with van der Waals surface area (Å²) < 4.78 is 46.8. The molecule has 1 aliphatic heterocycles. The molecule has 1 amide bonds. The van der Waals surface area contributed by atoms with E-state index < -0.39 is 24.7 Å². The number of hydrogen-bond acceptors (Lipinski definition) is 6. The maximum Gasteiger partial charge on any atom is 0.406 e. The quantitative estimate of drug-likeness (QED) is 0.362. The lowest BCUT2D eigenvalue weighted by molar-refractivity contribution is -0.161. The average molecular weight is 507 g/mol. The maximum atomic E-state index is 13.1. The van der Waals surface area contributed by atoms with Crippen molar-refractivity contribution in [2.45, 2.75) is 52.8 Å². The van der Waals surface area contributed by atoms with Crippen molar-refractivity contribution < 1.29 is 22.7 Å². The molecule has 11 heteroatoms. The number of carbonyl (C=O) groups is 1. The number of hydrogen-bond donors (Lipinski definition) is 1. The van der Waals surface area contributed by atoms with Crippen LogP contribution >= 0.6 is 0 Å². The lowest BCUT2D eigenvalue weighted by atomic mass is 9.76. The van der Waals surface area contributed by atoms with Crippen molar-refractivity contribution in [2.75, 3.05) is 20.2 Å². The molecule has 0 aliphatic carbocycles. The monoisotopic (exact) mass is 506 g/mol. The highest BCUT2D eigenvalue weighted by Crippen LogP contribution is 2.36. The molecule has 36 heavy (non-hydrogen) atoms. The SMILES string of the molecule is COc1cc(/C(C=NC2CC(C(C)(C)C)CCN(CC(F)(F)F)C2=O)=N/N)ccc1-n1cnc(C)c1. The number of aryl methyl sites for hydroxylation is 1. The smallest absolute Gasteiger partial charge is 0.406 e. The van der Waals surface area contributed by atoms with Crippen LogP contribution in [-0.4, -0.2) is 64.7 Å². The fraction of sp³-hybridized carbons (Fsp3) is 0.520. The van der Waals surface area contributed by atoms with Gasteiger partial charge in [0.15, 0.2) is 0 Å². The Kier molecular flexibility index (Phi) is 8.10. The van der Waals surface area contributed by atoms with Crippen molar-refractivity contribution in [3.63, 3.8) is 0 Å². The number of benzene rings is 1. The fourth-order valence-corrected chi connectivity index (χ4v) is 4.35. The van der Waals surface area contributed by atoms with Crippen LogP contribution < -0.4 is 10.6 Å². The number of methoxy groups -OCH3 is 1. The van der Waals surface area contributed by atoms with Gasteiger partial charge in [0.2, 0.25) is 5.91 Å². The van der Waals surface area contributed by atoms with E-state index in [2.05, 4.69) is 15.1 Å². The summed E-state index contributed by atoms with van der Waals surface area (Å²) in [5.41, 5.74) is 2.26. The minimum Gasteiger partial charge on any atom is -0.495 e. The van der Waals surface area contributed by atoms with Gasteiger partial charge in [-0.1, -0.05) is 26.8 Å². The zero-order valence-corrected chi connectivity index (χ0v) is 21.2. The molecule has 196 valence electrons. The Morgan fingerprint density at radius 1 is 1.31 bits per heavy atom. The number of rotatable bonds is 6. The maximum absolute atomic E-state index is 13.1. The number of imidazole rings is 1. The number of nitrogens with two attached hydrogens (primary N) is 1. The minimum absolute atomic E-state index is 0.0121. The van der Waals surface area contributed by atoms with Gasteiger partial charge in [-0.3, -0.25) is 9.79 Å². The third kappa shape index (κ3) is 6.64. The van der Waals surface area contributed by atoms with E-state index in [9.17, 15) is 18.0 Å². The number of aromatic nitrogens is 2. The van der Waals surface area contributed by atoms with E-state index in [4.69, 9.17) is 10.6 Å². The molecule has 2 atom stereocenters. The topological polar surface area (TPSA) is 98.1 Å². The number of halogens is 3. The third-order valence-corrected chi connectivity index (χ3v) is 6.43. The number of hydrazone groups is 1. The van der Waals surface area contributed by atoms with E-state index in [0.717, 1.165) is 16.3 Å². The highest BCUT2D eigenvalue weighted by Gasteiger charge is 2.40.